The smallest absolute Gasteiger partial charge is 0.246 e. The maximum Gasteiger partial charge on any atom is 0.246 e. The normalized spacial score (nSPS) is 15.8. The van der Waals surface area contributed by atoms with Crippen molar-refractivity contribution in [3.05, 3.63) is 60.2 Å². The van der Waals surface area contributed by atoms with Gasteiger partial charge in [0.05, 0.1) is 6.54 Å². The van der Waals surface area contributed by atoms with Gasteiger partial charge in [-0.1, -0.05) is 18.2 Å². The van der Waals surface area contributed by atoms with Crippen LogP contribution in [0.5, 0.6) is 5.75 Å². The lowest BCUT2D eigenvalue weighted by atomic mass is 9.97. The molecule has 2 aromatic carbocycles. The molecule has 2 aromatic rings. The molecule has 1 fully saturated rings. The van der Waals surface area contributed by atoms with Gasteiger partial charge in [-0.3, -0.25) is 4.79 Å². The van der Waals surface area contributed by atoms with Crippen LogP contribution in [-0.2, 0) is 14.8 Å². The highest BCUT2D eigenvalue weighted by atomic mass is 32.2. The Morgan fingerprint density at radius 2 is 1.79 bits per heavy atom. The fraction of sp³-hybridized carbons (Fsp3) is 0.350. The van der Waals surface area contributed by atoms with E-state index in [2.05, 4.69) is 5.32 Å². The van der Waals surface area contributed by atoms with Crippen molar-refractivity contribution in [2.75, 3.05) is 26.2 Å². The number of carbonyl (C=O) groups excluding carboxylic acids is 1. The number of hydrogen-bond donors (Lipinski definition) is 1. The Bertz CT molecular complexity index is 946. The number of ether oxygens (including phenoxy) is 1. The molecule has 29 heavy (non-hydrogen) atoms. The van der Waals surface area contributed by atoms with Crippen LogP contribution in [0.25, 0.3) is 0 Å². The van der Waals surface area contributed by atoms with Gasteiger partial charge in [0, 0.05) is 19.0 Å². The van der Waals surface area contributed by atoms with Crippen LogP contribution in [-0.4, -0.2) is 44.9 Å². The number of amides is 1. The van der Waals surface area contributed by atoms with Gasteiger partial charge in [-0.2, -0.15) is 4.31 Å². The molecule has 0 aromatic heterocycles. The van der Waals surface area contributed by atoms with E-state index in [1.54, 1.807) is 0 Å². The van der Waals surface area contributed by atoms with Gasteiger partial charge in [-0.05, 0) is 43.2 Å². The number of carbonyl (C=O) groups is 1. The molecule has 3 rings (SSSR count). The zero-order chi connectivity index (χ0) is 20.9. The summed E-state index contributed by atoms with van der Waals surface area (Å²) in [6.45, 7) is 0.788. The molecule has 156 valence electrons. The summed E-state index contributed by atoms with van der Waals surface area (Å²) in [6, 6.07) is 11.6. The lowest BCUT2D eigenvalue weighted by molar-refractivity contribution is -0.126. The van der Waals surface area contributed by atoms with E-state index in [1.165, 1.54) is 0 Å². The minimum Gasteiger partial charge on any atom is -0.492 e. The first-order valence-electron chi connectivity index (χ1n) is 9.28. The van der Waals surface area contributed by atoms with Gasteiger partial charge >= 0.3 is 0 Å². The number of hydrogen-bond acceptors (Lipinski definition) is 4. The monoisotopic (exact) mass is 424 g/mol. The van der Waals surface area contributed by atoms with Gasteiger partial charge in [0.15, 0.2) is 0 Å². The Balaban J connectivity index is 1.48. The summed E-state index contributed by atoms with van der Waals surface area (Å²) in [4.78, 5) is 11.6. The van der Waals surface area contributed by atoms with Crippen molar-refractivity contribution in [2.24, 2.45) is 5.92 Å². The third kappa shape index (κ3) is 5.30. The molecule has 1 saturated heterocycles. The van der Waals surface area contributed by atoms with Crippen molar-refractivity contribution in [1.82, 2.24) is 9.62 Å². The molecular formula is C20H22F2N2O4S. The summed E-state index contributed by atoms with van der Waals surface area (Å²) in [6.07, 6.45) is 0.614. The van der Waals surface area contributed by atoms with Crippen LogP contribution in [0.1, 0.15) is 12.8 Å². The number of nitrogens with one attached hydrogen (secondary N) is 1. The first-order chi connectivity index (χ1) is 13.9. The predicted molar refractivity (Wildman–Crippen MR) is 103 cm³/mol. The molecule has 1 amide bonds. The molecule has 0 radical (unpaired) electrons. The first-order valence-corrected chi connectivity index (χ1v) is 10.7. The van der Waals surface area contributed by atoms with Crippen molar-refractivity contribution in [3.8, 4) is 5.75 Å². The minimum absolute atomic E-state index is 0.0664. The molecule has 0 unspecified atom stereocenters. The van der Waals surface area contributed by atoms with E-state index in [-0.39, 0.29) is 24.9 Å². The Hall–Kier alpha value is -2.52. The fourth-order valence-corrected chi connectivity index (χ4v) is 4.72. The van der Waals surface area contributed by atoms with Crippen molar-refractivity contribution in [1.29, 1.82) is 0 Å². The van der Waals surface area contributed by atoms with E-state index >= 15 is 0 Å². The van der Waals surface area contributed by atoms with E-state index in [1.807, 2.05) is 30.3 Å². The molecule has 1 heterocycles. The molecule has 0 atom stereocenters. The Labute approximate surface area is 168 Å². The van der Waals surface area contributed by atoms with Gasteiger partial charge in [0.2, 0.25) is 15.9 Å². The fourth-order valence-electron chi connectivity index (χ4n) is 3.18. The molecule has 1 N–H and O–H groups in total. The molecule has 9 heteroatoms. The summed E-state index contributed by atoms with van der Waals surface area (Å²) in [7, 11) is -4.15. The molecule has 6 nitrogen and oxygen atoms in total. The first kappa shape index (κ1) is 21.2. The molecule has 0 aliphatic carbocycles. The van der Waals surface area contributed by atoms with E-state index < -0.39 is 26.6 Å². The molecular weight excluding hydrogens is 402 g/mol. The van der Waals surface area contributed by atoms with Gasteiger partial charge < -0.3 is 10.1 Å². The Morgan fingerprint density at radius 3 is 2.48 bits per heavy atom. The number of nitrogens with zero attached hydrogens (tertiary/aromatic N) is 1. The van der Waals surface area contributed by atoms with E-state index in [0.717, 1.165) is 16.4 Å². The summed E-state index contributed by atoms with van der Waals surface area (Å²) in [5.74, 6) is -1.61. The highest BCUT2D eigenvalue weighted by molar-refractivity contribution is 7.89. The highest BCUT2D eigenvalue weighted by Crippen LogP contribution is 2.26. The SMILES string of the molecule is O=C(NCCOc1ccccc1)C1CCN(S(=O)(=O)c2cc(F)ccc2F)CC1. The van der Waals surface area contributed by atoms with Gasteiger partial charge in [0.1, 0.15) is 28.9 Å². The average Bonchev–Trinajstić information content (AvgIpc) is 2.73. The van der Waals surface area contributed by atoms with Crippen LogP contribution in [0, 0.1) is 17.6 Å². The molecule has 0 saturated carbocycles. The van der Waals surface area contributed by atoms with Crippen LogP contribution in [0.15, 0.2) is 53.4 Å². The van der Waals surface area contributed by atoms with Crippen LogP contribution in [0.2, 0.25) is 0 Å². The van der Waals surface area contributed by atoms with Crippen molar-refractivity contribution in [3.63, 3.8) is 0 Å². The summed E-state index contributed by atoms with van der Waals surface area (Å²) in [5, 5.41) is 2.78. The lowest BCUT2D eigenvalue weighted by Crippen LogP contribution is -2.43. The van der Waals surface area contributed by atoms with Crippen LogP contribution in [0.3, 0.4) is 0 Å². The number of sulfonamides is 1. The number of rotatable bonds is 7. The third-order valence-corrected chi connectivity index (χ3v) is 6.66. The number of piperidine rings is 1. The predicted octanol–water partition coefficient (Wildman–Crippen LogP) is 2.56. The van der Waals surface area contributed by atoms with Crippen molar-refractivity contribution < 1.29 is 26.7 Å². The van der Waals surface area contributed by atoms with Gasteiger partial charge in [-0.15, -0.1) is 0 Å². The maximum atomic E-state index is 13.9. The average molecular weight is 424 g/mol. The minimum atomic E-state index is -4.15. The van der Waals surface area contributed by atoms with E-state index in [0.29, 0.717) is 37.8 Å². The Kier molecular flexibility index (Phi) is 6.81. The summed E-state index contributed by atoms with van der Waals surface area (Å²) < 4.78 is 59.0. The van der Waals surface area contributed by atoms with Crippen LogP contribution in [0.4, 0.5) is 8.78 Å². The third-order valence-electron chi connectivity index (χ3n) is 4.75. The van der Waals surface area contributed by atoms with Gasteiger partial charge in [-0.25, -0.2) is 17.2 Å². The number of benzene rings is 2. The summed E-state index contributed by atoms with van der Waals surface area (Å²) >= 11 is 0. The second kappa shape index (κ2) is 9.32. The lowest BCUT2D eigenvalue weighted by Gasteiger charge is -2.30. The Morgan fingerprint density at radius 1 is 1.10 bits per heavy atom. The maximum absolute atomic E-state index is 13.9. The van der Waals surface area contributed by atoms with Crippen molar-refractivity contribution in [2.45, 2.75) is 17.7 Å². The quantitative estimate of drug-likeness (QED) is 0.694. The second-order valence-electron chi connectivity index (χ2n) is 6.71. The highest BCUT2D eigenvalue weighted by Gasteiger charge is 2.33. The molecule has 0 spiro atoms. The van der Waals surface area contributed by atoms with E-state index in [9.17, 15) is 22.0 Å². The van der Waals surface area contributed by atoms with Crippen LogP contribution >= 0.6 is 0 Å². The van der Waals surface area contributed by atoms with Crippen molar-refractivity contribution >= 4 is 15.9 Å². The van der Waals surface area contributed by atoms with Gasteiger partial charge in [0.25, 0.3) is 0 Å². The molecule has 1 aliphatic rings. The zero-order valence-corrected chi connectivity index (χ0v) is 16.5. The van der Waals surface area contributed by atoms with Crippen LogP contribution < -0.4 is 10.1 Å². The summed E-state index contributed by atoms with van der Waals surface area (Å²) in [5.41, 5.74) is 0. The number of para-hydroxylation sites is 1. The van der Waals surface area contributed by atoms with E-state index in [4.69, 9.17) is 4.74 Å². The zero-order valence-electron chi connectivity index (χ0n) is 15.7. The number of halogens is 2. The second-order valence-corrected chi connectivity index (χ2v) is 8.61. The largest absolute Gasteiger partial charge is 0.492 e. The standard InChI is InChI=1S/C20H22F2N2O4S/c21-16-6-7-18(22)19(14-16)29(26,27)24-11-8-15(9-12-24)20(25)23-10-13-28-17-4-2-1-3-5-17/h1-7,14-15H,8-13H2,(H,23,25). The molecule has 1 aliphatic heterocycles. The molecule has 0 bridgehead atoms. The topological polar surface area (TPSA) is 75.7 Å².